The summed E-state index contributed by atoms with van der Waals surface area (Å²) < 4.78 is 4.53. The monoisotopic (exact) mass is 503 g/mol. The van der Waals surface area contributed by atoms with Crippen LogP contribution in [0.15, 0.2) is 140 Å². The van der Waals surface area contributed by atoms with Gasteiger partial charge < -0.3 is 9.80 Å². The van der Waals surface area contributed by atoms with E-state index < -0.39 is 0 Å². The fourth-order valence-electron chi connectivity index (χ4n) is 5.67. The van der Waals surface area contributed by atoms with E-state index >= 15 is 0 Å². The Hall–Kier alpha value is -5.29. The van der Waals surface area contributed by atoms with Gasteiger partial charge in [0.2, 0.25) is 5.78 Å². The number of hydrogen-bond acceptors (Lipinski definition) is 3. The van der Waals surface area contributed by atoms with Crippen molar-refractivity contribution in [2.75, 3.05) is 16.5 Å². The minimum Gasteiger partial charge on any atom is -0.328 e. The van der Waals surface area contributed by atoms with Crippen LogP contribution in [0.4, 0.5) is 11.4 Å². The largest absolute Gasteiger partial charge is 0.328 e. The summed E-state index contributed by atoms with van der Waals surface area (Å²) >= 11 is 0. The molecule has 7 aromatic rings. The predicted molar refractivity (Wildman–Crippen MR) is 160 cm³/mol. The van der Waals surface area contributed by atoms with Crippen LogP contribution in [0.3, 0.4) is 0 Å². The molecule has 2 aromatic heterocycles. The Bertz CT molecular complexity index is 2010. The normalized spacial score (nSPS) is 13.3. The second kappa shape index (κ2) is 8.64. The van der Waals surface area contributed by atoms with Gasteiger partial charge in [0.05, 0.1) is 28.7 Å². The van der Waals surface area contributed by atoms with Crippen LogP contribution in [0.25, 0.3) is 44.7 Å². The summed E-state index contributed by atoms with van der Waals surface area (Å²) in [6, 6.07) is 44.9. The van der Waals surface area contributed by atoms with Gasteiger partial charge in [-0.25, -0.2) is 4.98 Å². The number of nitrogens with zero attached hydrogens (tertiary/aromatic N) is 5. The third kappa shape index (κ3) is 3.51. The van der Waals surface area contributed by atoms with Crippen LogP contribution in [0.2, 0.25) is 0 Å². The minimum absolute atomic E-state index is 0.786. The molecule has 5 aromatic carbocycles. The minimum atomic E-state index is 0.786. The van der Waals surface area contributed by atoms with Gasteiger partial charge in [-0.15, -0.1) is 0 Å². The standard InChI is InChI=1S/C34H25N5/c1-2-12-27(13-3-1)36-20-21-37(24-36)28-14-8-10-25(22-28)26-11-9-15-29(23-26)38-32-18-6-7-19-33(32)39-31-17-5-4-16-30(31)35-34(38)39/h1-23H,24H2. The van der Waals surface area contributed by atoms with E-state index in [1.54, 1.807) is 0 Å². The van der Waals surface area contributed by atoms with Crippen molar-refractivity contribution in [1.29, 1.82) is 0 Å². The molecule has 186 valence electrons. The van der Waals surface area contributed by atoms with Crippen molar-refractivity contribution in [3.8, 4) is 16.8 Å². The Balaban J connectivity index is 1.20. The fourth-order valence-corrected chi connectivity index (χ4v) is 5.67. The van der Waals surface area contributed by atoms with E-state index in [-0.39, 0.29) is 0 Å². The Morgan fingerprint density at radius 2 is 1.08 bits per heavy atom. The van der Waals surface area contributed by atoms with E-state index in [4.69, 9.17) is 4.98 Å². The maximum atomic E-state index is 5.04. The molecule has 5 heteroatoms. The molecule has 0 radical (unpaired) electrons. The SMILES string of the molecule is C1=CN(c2cccc(-c3cccc(-n4c5ccccc5n5c6ccccc6nc45)c3)c2)CN1c1ccccc1. The van der Waals surface area contributed by atoms with Crippen LogP contribution < -0.4 is 9.80 Å². The third-order valence-electron chi connectivity index (χ3n) is 7.54. The molecule has 39 heavy (non-hydrogen) atoms. The number of aromatic nitrogens is 3. The molecule has 0 fully saturated rings. The highest BCUT2D eigenvalue weighted by Gasteiger charge is 2.18. The number of imidazole rings is 2. The molecule has 5 nitrogen and oxygen atoms in total. The molecule has 0 bridgehead atoms. The smallest absolute Gasteiger partial charge is 0.220 e. The van der Waals surface area contributed by atoms with Crippen LogP contribution in [-0.2, 0) is 0 Å². The van der Waals surface area contributed by atoms with E-state index in [1.807, 2.05) is 6.07 Å². The molecule has 0 atom stereocenters. The number of rotatable bonds is 4. The molecule has 0 amide bonds. The number of benzene rings is 5. The molecule has 1 aliphatic rings. The van der Waals surface area contributed by atoms with Crippen LogP contribution in [0.5, 0.6) is 0 Å². The summed E-state index contributed by atoms with van der Waals surface area (Å²) in [7, 11) is 0. The van der Waals surface area contributed by atoms with Crippen LogP contribution in [0, 0.1) is 0 Å². The van der Waals surface area contributed by atoms with Gasteiger partial charge in [-0.05, 0) is 71.8 Å². The highest BCUT2D eigenvalue weighted by Crippen LogP contribution is 2.32. The van der Waals surface area contributed by atoms with Crippen molar-refractivity contribution >= 4 is 39.2 Å². The maximum absolute atomic E-state index is 5.04. The highest BCUT2D eigenvalue weighted by atomic mass is 15.3. The molecule has 0 saturated carbocycles. The summed E-state index contributed by atoms with van der Waals surface area (Å²) in [5.41, 5.74) is 10.2. The van der Waals surface area contributed by atoms with Gasteiger partial charge in [0.15, 0.2) is 0 Å². The lowest BCUT2D eigenvalue weighted by molar-refractivity contribution is 0.976. The quantitative estimate of drug-likeness (QED) is 0.245. The summed E-state index contributed by atoms with van der Waals surface area (Å²) in [5, 5.41) is 0. The van der Waals surface area contributed by atoms with E-state index in [0.717, 1.165) is 40.2 Å². The van der Waals surface area contributed by atoms with Crippen molar-refractivity contribution in [2.24, 2.45) is 0 Å². The number of fused-ring (bicyclic) bond motifs is 5. The molecule has 3 heterocycles. The molecule has 0 aliphatic carbocycles. The van der Waals surface area contributed by atoms with Gasteiger partial charge in [0, 0.05) is 29.5 Å². The fraction of sp³-hybridized carbons (Fsp3) is 0.0294. The lowest BCUT2D eigenvalue weighted by Gasteiger charge is -2.22. The van der Waals surface area contributed by atoms with E-state index in [0.29, 0.717) is 0 Å². The molecule has 0 N–H and O–H groups in total. The topological polar surface area (TPSA) is 28.7 Å². The van der Waals surface area contributed by atoms with E-state index in [1.165, 1.54) is 22.5 Å². The average molecular weight is 504 g/mol. The Labute approximate surface area is 226 Å². The van der Waals surface area contributed by atoms with Gasteiger partial charge in [-0.2, -0.15) is 0 Å². The zero-order chi connectivity index (χ0) is 25.8. The van der Waals surface area contributed by atoms with Gasteiger partial charge in [0.25, 0.3) is 0 Å². The van der Waals surface area contributed by atoms with E-state index in [9.17, 15) is 0 Å². The zero-order valence-corrected chi connectivity index (χ0v) is 21.2. The van der Waals surface area contributed by atoms with Crippen molar-refractivity contribution in [1.82, 2.24) is 14.0 Å². The molecule has 0 spiro atoms. The van der Waals surface area contributed by atoms with Gasteiger partial charge in [-0.3, -0.25) is 8.97 Å². The number of anilines is 2. The third-order valence-corrected chi connectivity index (χ3v) is 7.54. The van der Waals surface area contributed by atoms with Crippen molar-refractivity contribution in [3.05, 3.63) is 140 Å². The summed E-state index contributed by atoms with van der Waals surface area (Å²) in [4.78, 5) is 9.57. The molecule has 0 saturated heterocycles. The first-order valence-corrected chi connectivity index (χ1v) is 13.2. The van der Waals surface area contributed by atoms with Crippen molar-refractivity contribution < 1.29 is 0 Å². The first kappa shape index (κ1) is 21.8. The molecule has 8 rings (SSSR count). The molecule has 0 unspecified atom stereocenters. The molecular formula is C34H25N5. The second-order valence-corrected chi connectivity index (χ2v) is 9.88. The van der Waals surface area contributed by atoms with Crippen molar-refractivity contribution in [2.45, 2.75) is 0 Å². The Kier molecular flexibility index (Phi) is 4.82. The van der Waals surface area contributed by atoms with E-state index in [2.05, 4.69) is 152 Å². The summed E-state index contributed by atoms with van der Waals surface area (Å²) in [5.74, 6) is 0.923. The second-order valence-electron chi connectivity index (χ2n) is 9.88. The first-order valence-electron chi connectivity index (χ1n) is 13.2. The van der Waals surface area contributed by atoms with Gasteiger partial charge >= 0.3 is 0 Å². The lowest BCUT2D eigenvalue weighted by Crippen LogP contribution is -2.24. The summed E-state index contributed by atoms with van der Waals surface area (Å²) in [6.07, 6.45) is 4.29. The summed E-state index contributed by atoms with van der Waals surface area (Å²) in [6.45, 7) is 0.786. The molecular weight excluding hydrogens is 478 g/mol. The van der Waals surface area contributed by atoms with Crippen LogP contribution in [0.1, 0.15) is 0 Å². The average Bonchev–Trinajstić information content (AvgIpc) is 3.71. The van der Waals surface area contributed by atoms with Crippen LogP contribution in [-0.4, -0.2) is 20.6 Å². The van der Waals surface area contributed by atoms with Gasteiger partial charge in [-0.1, -0.05) is 66.7 Å². The number of hydrogen-bond donors (Lipinski definition) is 0. The predicted octanol–water partition coefficient (Wildman–Crippen LogP) is 7.85. The van der Waals surface area contributed by atoms with Crippen molar-refractivity contribution in [3.63, 3.8) is 0 Å². The van der Waals surface area contributed by atoms with Gasteiger partial charge in [0.1, 0.15) is 0 Å². The molecule has 1 aliphatic heterocycles. The Morgan fingerprint density at radius 3 is 1.87 bits per heavy atom. The highest BCUT2D eigenvalue weighted by molar-refractivity contribution is 5.92. The maximum Gasteiger partial charge on any atom is 0.220 e. The Morgan fingerprint density at radius 1 is 0.487 bits per heavy atom. The lowest BCUT2D eigenvalue weighted by atomic mass is 10.0. The zero-order valence-electron chi connectivity index (χ0n) is 21.2. The number of para-hydroxylation sites is 5. The van der Waals surface area contributed by atoms with Crippen LogP contribution >= 0.6 is 0 Å². The first-order chi connectivity index (χ1) is 19.3.